The molecule has 3 aromatic heterocycles. The smallest absolute Gasteiger partial charge is 0.321 e. The number of Topliss-reactive ketones (excluding diaryl/α,β-unsaturated/α-hetero) is 1. The fourth-order valence-corrected chi connectivity index (χ4v) is 10.3. The molecular weight excluding hydrogens is 785 g/mol. The summed E-state index contributed by atoms with van der Waals surface area (Å²) in [4.78, 5) is 52.4. The van der Waals surface area contributed by atoms with E-state index in [0.717, 1.165) is 92.5 Å². The average Bonchev–Trinajstić information content (AvgIpc) is 4.00. The lowest BCUT2D eigenvalue weighted by atomic mass is 9.85. The third kappa shape index (κ3) is 10.3. The van der Waals surface area contributed by atoms with E-state index >= 15 is 0 Å². The molecule has 1 aliphatic carbocycles. The van der Waals surface area contributed by atoms with Crippen LogP contribution in [0, 0.1) is 50.4 Å². The van der Waals surface area contributed by atoms with Crippen LogP contribution in [0.5, 0.6) is 0 Å². The lowest BCUT2D eigenvalue weighted by Crippen LogP contribution is -2.25. The Balaban J connectivity index is 1.24. The van der Waals surface area contributed by atoms with Gasteiger partial charge in [0, 0.05) is 74.1 Å². The number of methoxy groups -OCH3 is 1. The molecule has 0 saturated carbocycles. The summed E-state index contributed by atoms with van der Waals surface area (Å²) in [7, 11) is 1.32. The maximum atomic E-state index is 14.4. The SMILES string of the molecule is C=Cc1c2[nH]c(c1C)/C=C1\N/C(=C3\c4[nH]c(c(C)c4C(=O)[C@@H]3C(=O)OC)/C=c3\[nH]/c(c(C)c3CC)=C\2)[C@@H](CCC(=O)OC/C=C(/C)CCC[C@H](C)CCC[C@H](C)CCCCC)[C@@H]1C. The van der Waals surface area contributed by atoms with Gasteiger partial charge in [-0.05, 0) is 112 Å². The molecule has 0 spiro atoms. The molecule has 0 aromatic carbocycles. The number of rotatable bonds is 20. The summed E-state index contributed by atoms with van der Waals surface area (Å²) in [6.07, 6.45) is 24.4. The Kier molecular flexibility index (Phi) is 15.9. The van der Waals surface area contributed by atoms with Crippen LogP contribution in [0.25, 0.3) is 29.9 Å². The molecule has 2 aliphatic heterocycles. The van der Waals surface area contributed by atoms with Crippen LogP contribution in [-0.4, -0.2) is 46.4 Å². The Morgan fingerprint density at radius 3 is 2.21 bits per heavy atom. The van der Waals surface area contributed by atoms with E-state index in [-0.39, 0.29) is 36.6 Å². The fourth-order valence-electron chi connectivity index (χ4n) is 10.3. The van der Waals surface area contributed by atoms with Gasteiger partial charge in [0.1, 0.15) is 12.5 Å². The Morgan fingerprint density at radius 1 is 0.841 bits per heavy atom. The van der Waals surface area contributed by atoms with Crippen LogP contribution in [0.1, 0.15) is 180 Å². The molecule has 4 N–H and O–H groups in total. The van der Waals surface area contributed by atoms with Gasteiger partial charge in [-0.1, -0.05) is 104 Å². The number of hydrogen-bond donors (Lipinski definition) is 4. The van der Waals surface area contributed by atoms with E-state index in [1.165, 1.54) is 69.6 Å². The molecule has 5 heterocycles. The van der Waals surface area contributed by atoms with Crippen molar-refractivity contribution >= 4 is 47.6 Å². The minimum absolute atomic E-state index is 0.0866. The fraction of sp³-hybridized carbons (Fsp3) is 0.537. The number of aromatic amines is 3. The Morgan fingerprint density at radius 2 is 1.52 bits per heavy atom. The quantitative estimate of drug-likeness (QED) is 0.0388. The van der Waals surface area contributed by atoms with Crippen molar-refractivity contribution in [1.29, 1.82) is 0 Å². The van der Waals surface area contributed by atoms with Gasteiger partial charge in [0.05, 0.1) is 12.8 Å². The minimum Gasteiger partial charge on any atom is -0.468 e. The van der Waals surface area contributed by atoms with Crippen molar-refractivity contribution in [1.82, 2.24) is 20.3 Å². The molecule has 3 aromatic rings. The van der Waals surface area contributed by atoms with Gasteiger partial charge in [0.2, 0.25) is 0 Å². The van der Waals surface area contributed by atoms with Crippen LogP contribution in [0.15, 0.2) is 29.6 Å². The molecule has 0 amide bonds. The topological polar surface area (TPSA) is 129 Å². The van der Waals surface area contributed by atoms with Gasteiger partial charge < -0.3 is 29.7 Å². The first-order chi connectivity index (χ1) is 30.2. The van der Waals surface area contributed by atoms with Gasteiger partial charge >= 0.3 is 11.9 Å². The zero-order chi connectivity index (χ0) is 45.5. The Hall–Kier alpha value is -5.05. The summed E-state index contributed by atoms with van der Waals surface area (Å²) in [5.74, 6) is -1.06. The molecule has 9 heteroatoms. The molecule has 1 fully saturated rings. The minimum atomic E-state index is -1.14. The second kappa shape index (κ2) is 21.1. The number of H-pyrrole nitrogens is 3. The predicted octanol–water partition coefficient (Wildman–Crippen LogP) is 10.8. The molecule has 6 rings (SSSR count). The number of carbonyl (C=O) groups is 3. The molecule has 1 saturated heterocycles. The standard InChI is InChI=1S/C54H74N4O5/c1-12-15-16-19-31(4)20-17-21-32(5)22-18-23-33(6)26-27-63-47(59)25-24-40-36(9)43-28-41-34(7)38(13-2)45(55-41)29-42-35(8)39(14-3)46(56-42)30-44-37(10)48-52(58-44)49(51(40)57-43)50(53(48)60)54(61)62-11/h13,26,28-32,36,40,50,55-58H,2,12,14-25,27H2,1,3-11H3/b33-26-,42-29-,43-28-,46-30-,51-49-/t31-,32-,36+,40+,50-/m1/s1. The van der Waals surface area contributed by atoms with Gasteiger partial charge in [-0.15, -0.1) is 0 Å². The lowest BCUT2D eigenvalue weighted by Gasteiger charge is -2.19. The zero-order valence-electron chi connectivity index (χ0n) is 39.9. The normalized spacial score (nSPS) is 22.1. The number of hydrogen-bond acceptors (Lipinski definition) is 6. The second-order valence-electron chi connectivity index (χ2n) is 18.9. The zero-order valence-corrected chi connectivity index (χ0v) is 39.9. The van der Waals surface area contributed by atoms with Gasteiger partial charge in [-0.3, -0.25) is 14.4 Å². The van der Waals surface area contributed by atoms with Crippen molar-refractivity contribution in [3.8, 4) is 0 Å². The predicted molar refractivity (Wildman–Crippen MR) is 257 cm³/mol. The van der Waals surface area contributed by atoms with Crippen molar-refractivity contribution in [2.45, 2.75) is 146 Å². The van der Waals surface area contributed by atoms with Crippen LogP contribution in [-0.2, 0) is 25.5 Å². The number of nitrogens with one attached hydrogen (secondary N) is 4. The van der Waals surface area contributed by atoms with E-state index in [1.54, 1.807) is 0 Å². The summed E-state index contributed by atoms with van der Waals surface area (Å²) in [5.41, 5.74) is 12.5. The van der Waals surface area contributed by atoms with Gasteiger partial charge in [-0.25, -0.2) is 0 Å². The van der Waals surface area contributed by atoms with E-state index in [0.29, 0.717) is 23.3 Å². The molecule has 63 heavy (non-hydrogen) atoms. The van der Waals surface area contributed by atoms with Gasteiger partial charge in [0.25, 0.3) is 0 Å². The van der Waals surface area contributed by atoms with Crippen LogP contribution in [0.3, 0.4) is 0 Å². The first-order valence-corrected chi connectivity index (χ1v) is 23.9. The van der Waals surface area contributed by atoms with Crippen LogP contribution in [0.4, 0.5) is 0 Å². The molecule has 5 atom stereocenters. The molecule has 340 valence electrons. The number of esters is 2. The van der Waals surface area contributed by atoms with Crippen LogP contribution < -0.4 is 16.0 Å². The summed E-state index contributed by atoms with van der Waals surface area (Å²) in [6.45, 7) is 24.0. The molecular formula is C54H74N4O5. The molecule has 3 aliphatic rings. The average molecular weight is 859 g/mol. The van der Waals surface area contributed by atoms with Crippen molar-refractivity contribution in [2.75, 3.05) is 13.7 Å². The van der Waals surface area contributed by atoms with Gasteiger partial charge in [-0.2, -0.15) is 0 Å². The highest BCUT2D eigenvalue weighted by Crippen LogP contribution is 2.48. The first-order valence-electron chi connectivity index (χ1n) is 23.9. The largest absolute Gasteiger partial charge is 0.468 e. The summed E-state index contributed by atoms with van der Waals surface area (Å²) in [5, 5.41) is 5.66. The van der Waals surface area contributed by atoms with E-state index in [1.807, 2.05) is 19.1 Å². The third-order valence-electron chi connectivity index (χ3n) is 14.4. The van der Waals surface area contributed by atoms with Gasteiger partial charge in [0.15, 0.2) is 5.78 Å². The highest BCUT2D eigenvalue weighted by atomic mass is 16.5. The number of allylic oxidation sites excluding steroid dienone is 3. The number of ether oxygens (including phenoxy) is 2. The maximum absolute atomic E-state index is 14.4. The number of aromatic nitrogens is 3. The van der Waals surface area contributed by atoms with Crippen LogP contribution >= 0.6 is 0 Å². The Bertz CT molecular complexity index is 2410. The molecule has 9 nitrogen and oxygen atoms in total. The van der Waals surface area contributed by atoms with Crippen molar-refractivity contribution < 1.29 is 23.9 Å². The van der Waals surface area contributed by atoms with E-state index < -0.39 is 11.9 Å². The first kappa shape index (κ1) is 47.4. The van der Waals surface area contributed by atoms with Crippen molar-refractivity contribution in [3.63, 3.8) is 0 Å². The van der Waals surface area contributed by atoms with E-state index in [4.69, 9.17) is 9.47 Å². The number of carbonyl (C=O) groups excluding carboxylic acids is 3. The van der Waals surface area contributed by atoms with Crippen molar-refractivity contribution in [3.05, 3.63) is 96.5 Å². The molecule has 0 unspecified atom stereocenters. The molecule has 0 radical (unpaired) electrons. The number of ketones is 1. The lowest BCUT2D eigenvalue weighted by molar-refractivity contribution is -0.143. The highest BCUT2D eigenvalue weighted by Gasteiger charge is 2.48. The van der Waals surface area contributed by atoms with E-state index in [2.05, 4.69) is 100 Å². The van der Waals surface area contributed by atoms with Crippen LogP contribution in [0.2, 0.25) is 0 Å². The maximum Gasteiger partial charge on any atom is 0.321 e. The summed E-state index contributed by atoms with van der Waals surface area (Å²) < 4.78 is 11.1. The second-order valence-corrected chi connectivity index (χ2v) is 18.9. The van der Waals surface area contributed by atoms with Crippen molar-refractivity contribution in [2.24, 2.45) is 29.6 Å². The monoisotopic (exact) mass is 859 g/mol. The summed E-state index contributed by atoms with van der Waals surface area (Å²) >= 11 is 0. The third-order valence-corrected chi connectivity index (χ3v) is 14.4. The highest BCUT2D eigenvalue weighted by molar-refractivity contribution is 6.24. The summed E-state index contributed by atoms with van der Waals surface area (Å²) in [6, 6.07) is 0. The number of unbranched alkanes of at least 4 members (excludes halogenated alkanes) is 2. The van der Waals surface area contributed by atoms with E-state index in [9.17, 15) is 14.4 Å². The Labute approximate surface area is 376 Å². The molecule has 8 bridgehead atoms. The number of fused-ring (bicyclic) bond motifs is 7.